The highest BCUT2D eigenvalue weighted by molar-refractivity contribution is 5.36. The first-order valence-electron chi connectivity index (χ1n) is 6.28. The van der Waals surface area contributed by atoms with E-state index in [2.05, 4.69) is 54.6 Å². The van der Waals surface area contributed by atoms with E-state index in [4.69, 9.17) is 0 Å². The van der Waals surface area contributed by atoms with Crippen LogP contribution in [0.2, 0.25) is 0 Å². The maximum Gasteiger partial charge on any atom is 0.0798 e. The third kappa shape index (κ3) is 2.43. The Morgan fingerprint density at radius 2 is 2.11 bits per heavy atom. The lowest BCUT2D eigenvalue weighted by Gasteiger charge is -2.20. The number of nitrogens with one attached hydrogen (secondary N) is 1. The Kier molecular flexibility index (Phi) is 3.77. The lowest BCUT2D eigenvalue weighted by molar-refractivity contribution is 0.566. The van der Waals surface area contributed by atoms with Crippen LogP contribution in [0.15, 0.2) is 24.4 Å². The summed E-state index contributed by atoms with van der Waals surface area (Å²) < 4.78 is 1.83. The Hall–Kier alpha value is -1.68. The van der Waals surface area contributed by atoms with Gasteiger partial charge in [0.2, 0.25) is 0 Å². The van der Waals surface area contributed by atoms with Crippen LogP contribution < -0.4 is 5.32 Å². The fraction of sp³-hybridized carbons (Fsp3) is 0.429. The average molecular weight is 244 g/mol. The van der Waals surface area contributed by atoms with Gasteiger partial charge in [-0.05, 0) is 31.5 Å². The van der Waals surface area contributed by atoms with Gasteiger partial charge in [0.1, 0.15) is 0 Å². The molecule has 2 aromatic rings. The minimum Gasteiger partial charge on any atom is -0.305 e. The first-order valence-corrected chi connectivity index (χ1v) is 6.28. The molecule has 1 aromatic heterocycles. The van der Waals surface area contributed by atoms with E-state index >= 15 is 0 Å². The summed E-state index contributed by atoms with van der Waals surface area (Å²) in [5.41, 5.74) is 4.95. The first kappa shape index (κ1) is 12.8. The maximum atomic E-state index is 4.02. The van der Waals surface area contributed by atoms with Crippen molar-refractivity contribution in [2.24, 2.45) is 7.05 Å². The molecule has 0 radical (unpaired) electrons. The van der Waals surface area contributed by atoms with E-state index in [-0.39, 0.29) is 6.04 Å². The standard InChI is InChI=1S/C14H20N4/c1-5-15-14(13-9-16-17-18(13)4)12-7-6-10(2)8-11(12)3/h6-9,14-15H,5H2,1-4H3. The Labute approximate surface area is 108 Å². The number of aryl methyl sites for hydroxylation is 3. The molecular formula is C14H20N4. The molecule has 4 heteroatoms. The largest absolute Gasteiger partial charge is 0.305 e. The molecule has 0 aliphatic rings. The molecule has 4 nitrogen and oxygen atoms in total. The molecule has 0 amide bonds. The molecule has 1 heterocycles. The lowest BCUT2D eigenvalue weighted by atomic mass is 9.97. The average Bonchev–Trinajstić information content (AvgIpc) is 2.73. The highest BCUT2D eigenvalue weighted by Crippen LogP contribution is 2.24. The topological polar surface area (TPSA) is 42.7 Å². The van der Waals surface area contributed by atoms with Gasteiger partial charge in [-0.1, -0.05) is 35.9 Å². The predicted octanol–water partition coefficient (Wildman–Crippen LogP) is 2.13. The predicted molar refractivity (Wildman–Crippen MR) is 72.4 cm³/mol. The second kappa shape index (κ2) is 5.31. The molecule has 96 valence electrons. The van der Waals surface area contributed by atoms with Gasteiger partial charge in [-0.2, -0.15) is 0 Å². The lowest BCUT2D eigenvalue weighted by Crippen LogP contribution is -2.25. The van der Waals surface area contributed by atoms with Crippen LogP contribution >= 0.6 is 0 Å². The zero-order valence-corrected chi connectivity index (χ0v) is 11.4. The quantitative estimate of drug-likeness (QED) is 0.896. The number of nitrogens with zero attached hydrogens (tertiary/aromatic N) is 3. The van der Waals surface area contributed by atoms with E-state index in [0.29, 0.717) is 0 Å². The minimum absolute atomic E-state index is 0.149. The zero-order valence-electron chi connectivity index (χ0n) is 11.4. The van der Waals surface area contributed by atoms with Crippen molar-refractivity contribution >= 4 is 0 Å². The smallest absolute Gasteiger partial charge is 0.0798 e. The summed E-state index contributed by atoms with van der Waals surface area (Å²) in [5.74, 6) is 0. The van der Waals surface area contributed by atoms with Crippen LogP contribution in [0.1, 0.15) is 35.3 Å². The van der Waals surface area contributed by atoms with Crippen molar-refractivity contribution in [2.45, 2.75) is 26.8 Å². The normalized spacial score (nSPS) is 12.7. The summed E-state index contributed by atoms with van der Waals surface area (Å²) >= 11 is 0. The Bertz CT molecular complexity index is 530. The summed E-state index contributed by atoms with van der Waals surface area (Å²) in [7, 11) is 1.93. The zero-order chi connectivity index (χ0) is 13.1. The molecule has 1 N–H and O–H groups in total. The Morgan fingerprint density at radius 3 is 2.67 bits per heavy atom. The van der Waals surface area contributed by atoms with E-state index < -0.39 is 0 Å². The van der Waals surface area contributed by atoms with Crippen molar-refractivity contribution in [3.63, 3.8) is 0 Å². The van der Waals surface area contributed by atoms with Gasteiger partial charge >= 0.3 is 0 Å². The fourth-order valence-electron chi connectivity index (χ4n) is 2.29. The van der Waals surface area contributed by atoms with Gasteiger partial charge in [0.05, 0.1) is 17.9 Å². The highest BCUT2D eigenvalue weighted by atomic mass is 15.4. The molecule has 18 heavy (non-hydrogen) atoms. The molecule has 0 aliphatic heterocycles. The number of aromatic nitrogens is 3. The van der Waals surface area contributed by atoms with Crippen molar-refractivity contribution in [2.75, 3.05) is 6.54 Å². The fourth-order valence-corrected chi connectivity index (χ4v) is 2.29. The van der Waals surface area contributed by atoms with Crippen LogP contribution in [-0.4, -0.2) is 21.5 Å². The number of hydrogen-bond acceptors (Lipinski definition) is 3. The van der Waals surface area contributed by atoms with Gasteiger partial charge in [-0.3, -0.25) is 4.68 Å². The van der Waals surface area contributed by atoms with Gasteiger partial charge in [0.15, 0.2) is 0 Å². The molecule has 0 fully saturated rings. The SMILES string of the molecule is CCNC(c1ccc(C)cc1C)c1cnnn1C. The molecule has 0 saturated carbocycles. The molecule has 0 aliphatic carbocycles. The number of rotatable bonds is 4. The molecule has 0 spiro atoms. The minimum atomic E-state index is 0.149. The Balaban J connectivity index is 2.45. The number of benzene rings is 1. The summed E-state index contributed by atoms with van der Waals surface area (Å²) in [6.07, 6.45) is 1.83. The van der Waals surface area contributed by atoms with Crippen LogP contribution in [0.4, 0.5) is 0 Å². The van der Waals surface area contributed by atoms with E-state index in [1.54, 1.807) is 0 Å². The molecular weight excluding hydrogens is 224 g/mol. The van der Waals surface area contributed by atoms with Crippen LogP contribution in [0.25, 0.3) is 0 Å². The second-order valence-electron chi connectivity index (χ2n) is 4.63. The van der Waals surface area contributed by atoms with Crippen LogP contribution in [0.5, 0.6) is 0 Å². The van der Waals surface area contributed by atoms with E-state index in [1.807, 2.05) is 17.9 Å². The molecule has 0 saturated heterocycles. The van der Waals surface area contributed by atoms with Gasteiger partial charge in [-0.25, -0.2) is 0 Å². The summed E-state index contributed by atoms with van der Waals surface area (Å²) in [5, 5.41) is 11.5. The molecule has 1 aromatic carbocycles. The van der Waals surface area contributed by atoms with E-state index in [1.165, 1.54) is 16.7 Å². The summed E-state index contributed by atoms with van der Waals surface area (Å²) in [6, 6.07) is 6.70. The van der Waals surface area contributed by atoms with Crippen LogP contribution in [0, 0.1) is 13.8 Å². The third-order valence-electron chi connectivity index (χ3n) is 3.19. The van der Waals surface area contributed by atoms with Crippen molar-refractivity contribution in [1.29, 1.82) is 0 Å². The Morgan fingerprint density at radius 1 is 1.33 bits per heavy atom. The van der Waals surface area contributed by atoms with E-state index in [9.17, 15) is 0 Å². The van der Waals surface area contributed by atoms with Gasteiger partial charge in [0.25, 0.3) is 0 Å². The van der Waals surface area contributed by atoms with Crippen molar-refractivity contribution in [3.8, 4) is 0 Å². The second-order valence-corrected chi connectivity index (χ2v) is 4.63. The van der Waals surface area contributed by atoms with Gasteiger partial charge in [-0.15, -0.1) is 5.10 Å². The van der Waals surface area contributed by atoms with Crippen LogP contribution in [-0.2, 0) is 7.05 Å². The molecule has 2 rings (SSSR count). The van der Waals surface area contributed by atoms with Crippen molar-refractivity contribution < 1.29 is 0 Å². The molecule has 0 bridgehead atoms. The van der Waals surface area contributed by atoms with Crippen LogP contribution in [0.3, 0.4) is 0 Å². The highest BCUT2D eigenvalue weighted by Gasteiger charge is 2.18. The first-order chi connectivity index (χ1) is 8.63. The number of hydrogen-bond donors (Lipinski definition) is 1. The van der Waals surface area contributed by atoms with Crippen molar-refractivity contribution in [3.05, 3.63) is 46.8 Å². The maximum absolute atomic E-state index is 4.02. The van der Waals surface area contributed by atoms with E-state index in [0.717, 1.165) is 12.2 Å². The molecule has 1 unspecified atom stereocenters. The van der Waals surface area contributed by atoms with Crippen molar-refractivity contribution in [1.82, 2.24) is 20.3 Å². The molecule has 1 atom stereocenters. The summed E-state index contributed by atoms with van der Waals surface area (Å²) in [4.78, 5) is 0. The van der Waals surface area contributed by atoms with Gasteiger partial charge < -0.3 is 5.32 Å². The summed E-state index contributed by atoms with van der Waals surface area (Å²) in [6.45, 7) is 7.28. The monoisotopic (exact) mass is 244 g/mol. The van der Waals surface area contributed by atoms with Gasteiger partial charge in [0, 0.05) is 7.05 Å². The third-order valence-corrected chi connectivity index (χ3v) is 3.19.